The lowest BCUT2D eigenvalue weighted by molar-refractivity contribution is 0.102. The van der Waals surface area contributed by atoms with Gasteiger partial charge in [0.2, 0.25) is 0 Å². The van der Waals surface area contributed by atoms with Gasteiger partial charge in [0.25, 0.3) is 17.0 Å². The summed E-state index contributed by atoms with van der Waals surface area (Å²) in [6.07, 6.45) is 0. The fourth-order valence-electron chi connectivity index (χ4n) is 2.94. The Morgan fingerprint density at radius 3 is 2.33 bits per heavy atom. The number of amides is 1. The highest BCUT2D eigenvalue weighted by atomic mass is 16.2. The molecule has 9 heteroatoms. The second-order valence-electron chi connectivity index (χ2n) is 6.30. The highest BCUT2D eigenvalue weighted by Crippen LogP contribution is 2.25. The van der Waals surface area contributed by atoms with Crippen molar-refractivity contribution < 1.29 is 4.79 Å². The molecule has 0 aliphatic rings. The van der Waals surface area contributed by atoms with Crippen LogP contribution in [0.3, 0.4) is 0 Å². The Bertz CT molecular complexity index is 1350. The number of aromatic amines is 2. The zero-order valence-electron chi connectivity index (χ0n) is 15.5. The number of benzene rings is 2. The van der Waals surface area contributed by atoms with Crippen LogP contribution < -0.4 is 22.1 Å². The van der Waals surface area contributed by atoms with Crippen LogP contribution in [0.15, 0.2) is 87.2 Å². The lowest BCUT2D eigenvalue weighted by Crippen LogP contribution is -2.35. The van der Waals surface area contributed by atoms with E-state index in [1.54, 1.807) is 54.6 Å². The van der Waals surface area contributed by atoms with Crippen molar-refractivity contribution in [3.8, 4) is 16.9 Å². The molecule has 0 radical (unpaired) electrons. The summed E-state index contributed by atoms with van der Waals surface area (Å²) in [6.45, 7) is 0. The fraction of sp³-hybridized carbons (Fsp3) is 0. The van der Waals surface area contributed by atoms with Crippen molar-refractivity contribution in [3.05, 3.63) is 110 Å². The molecule has 2 aromatic heterocycles. The summed E-state index contributed by atoms with van der Waals surface area (Å²) in [5, 5.41) is 8.96. The molecule has 148 valence electrons. The molecule has 1 amide bonds. The number of nitrogens with one attached hydrogen (secondary N) is 3. The molecule has 0 bridgehead atoms. The Balaban J connectivity index is 1.68. The second kappa shape index (κ2) is 7.84. The minimum atomic E-state index is -0.727. The Morgan fingerprint density at radius 1 is 0.900 bits per heavy atom. The minimum absolute atomic E-state index is 0.179. The highest BCUT2D eigenvalue weighted by Gasteiger charge is 2.15. The van der Waals surface area contributed by atoms with E-state index in [9.17, 15) is 19.2 Å². The van der Waals surface area contributed by atoms with E-state index in [0.717, 1.165) is 10.6 Å². The van der Waals surface area contributed by atoms with Gasteiger partial charge in [-0.1, -0.05) is 36.4 Å². The van der Waals surface area contributed by atoms with E-state index < -0.39 is 17.2 Å². The van der Waals surface area contributed by atoms with Crippen LogP contribution >= 0.6 is 0 Å². The summed E-state index contributed by atoms with van der Waals surface area (Å²) >= 11 is 0. The van der Waals surface area contributed by atoms with Crippen molar-refractivity contribution in [3.63, 3.8) is 0 Å². The number of carbonyl (C=O) groups is 1. The van der Waals surface area contributed by atoms with Crippen molar-refractivity contribution in [2.24, 2.45) is 0 Å². The molecule has 30 heavy (non-hydrogen) atoms. The van der Waals surface area contributed by atoms with Crippen LogP contribution in [0.2, 0.25) is 0 Å². The third kappa shape index (κ3) is 3.72. The van der Waals surface area contributed by atoms with Gasteiger partial charge in [0.15, 0.2) is 0 Å². The summed E-state index contributed by atoms with van der Waals surface area (Å²) in [5.74, 6) is -0.665. The first kappa shape index (κ1) is 18.8. The van der Waals surface area contributed by atoms with Crippen molar-refractivity contribution in [2.45, 2.75) is 0 Å². The van der Waals surface area contributed by atoms with Crippen LogP contribution in [-0.2, 0) is 0 Å². The largest absolute Gasteiger partial charge is 0.333 e. The van der Waals surface area contributed by atoms with E-state index in [4.69, 9.17) is 0 Å². The van der Waals surface area contributed by atoms with Crippen LogP contribution in [0.1, 0.15) is 10.5 Å². The SMILES string of the molecule is O=C(Nc1ccccc1-c1ccc(=O)[nH]n1)c1cc(=O)n(-c2ccccc2)c(=O)[nH]1. The zero-order valence-corrected chi connectivity index (χ0v) is 15.5. The van der Waals surface area contributed by atoms with Crippen molar-refractivity contribution in [1.82, 2.24) is 19.7 Å². The Morgan fingerprint density at radius 2 is 1.63 bits per heavy atom. The molecule has 0 fully saturated rings. The Kier molecular flexibility index (Phi) is 4.92. The van der Waals surface area contributed by atoms with E-state index in [-0.39, 0.29) is 11.3 Å². The molecule has 0 saturated heterocycles. The summed E-state index contributed by atoms with van der Waals surface area (Å²) < 4.78 is 0.939. The summed E-state index contributed by atoms with van der Waals surface area (Å²) in [6, 6.07) is 19.1. The molecule has 9 nitrogen and oxygen atoms in total. The van der Waals surface area contributed by atoms with E-state index in [1.807, 2.05) is 0 Å². The van der Waals surface area contributed by atoms with Crippen LogP contribution in [0.4, 0.5) is 5.69 Å². The molecule has 0 spiro atoms. The van der Waals surface area contributed by atoms with Crippen molar-refractivity contribution in [2.75, 3.05) is 5.32 Å². The summed E-state index contributed by atoms with van der Waals surface area (Å²) in [7, 11) is 0. The fourth-order valence-corrected chi connectivity index (χ4v) is 2.94. The van der Waals surface area contributed by atoms with Crippen LogP contribution in [0.5, 0.6) is 0 Å². The second-order valence-corrected chi connectivity index (χ2v) is 6.30. The van der Waals surface area contributed by atoms with Gasteiger partial charge in [0, 0.05) is 17.7 Å². The number of hydrogen-bond acceptors (Lipinski definition) is 5. The van der Waals surface area contributed by atoms with Gasteiger partial charge >= 0.3 is 5.69 Å². The third-order valence-electron chi connectivity index (χ3n) is 4.32. The molecule has 0 aliphatic carbocycles. The van der Waals surface area contributed by atoms with E-state index in [1.165, 1.54) is 12.1 Å². The van der Waals surface area contributed by atoms with E-state index in [0.29, 0.717) is 22.6 Å². The number of carbonyl (C=O) groups excluding carboxylic acids is 1. The smallest absolute Gasteiger partial charge is 0.320 e. The molecular formula is C21H15N5O4. The predicted octanol–water partition coefficient (Wildman–Crippen LogP) is 1.53. The molecule has 0 saturated carbocycles. The first-order valence-corrected chi connectivity index (χ1v) is 8.91. The molecule has 0 unspecified atom stereocenters. The molecule has 3 N–H and O–H groups in total. The van der Waals surface area contributed by atoms with E-state index >= 15 is 0 Å². The van der Waals surface area contributed by atoms with E-state index in [2.05, 4.69) is 20.5 Å². The molecule has 2 heterocycles. The molecule has 2 aromatic carbocycles. The van der Waals surface area contributed by atoms with Gasteiger partial charge in [-0.3, -0.25) is 14.4 Å². The Hall–Kier alpha value is -4.53. The summed E-state index contributed by atoms with van der Waals surface area (Å²) in [4.78, 5) is 51.3. The maximum Gasteiger partial charge on any atom is 0.333 e. The number of rotatable bonds is 4. The Labute approximate surface area is 168 Å². The average molecular weight is 401 g/mol. The molecule has 0 aliphatic heterocycles. The first-order valence-electron chi connectivity index (χ1n) is 8.91. The topological polar surface area (TPSA) is 130 Å². The first-order chi connectivity index (χ1) is 14.5. The maximum atomic E-state index is 12.7. The predicted molar refractivity (Wildman–Crippen MR) is 111 cm³/mol. The number of para-hydroxylation sites is 2. The van der Waals surface area contributed by atoms with Gasteiger partial charge < -0.3 is 10.3 Å². The molecule has 0 atom stereocenters. The maximum absolute atomic E-state index is 12.7. The zero-order chi connectivity index (χ0) is 21.1. The van der Waals surface area contributed by atoms with Crippen molar-refractivity contribution >= 4 is 11.6 Å². The molecule has 4 rings (SSSR count). The third-order valence-corrected chi connectivity index (χ3v) is 4.32. The van der Waals surface area contributed by atoms with Crippen molar-refractivity contribution in [1.29, 1.82) is 0 Å². The molecule has 4 aromatic rings. The quantitative estimate of drug-likeness (QED) is 0.477. The number of nitrogens with zero attached hydrogens (tertiary/aromatic N) is 2. The van der Waals surface area contributed by atoms with Crippen LogP contribution in [0.25, 0.3) is 16.9 Å². The van der Waals surface area contributed by atoms with Crippen LogP contribution in [0, 0.1) is 0 Å². The minimum Gasteiger partial charge on any atom is -0.320 e. The van der Waals surface area contributed by atoms with Gasteiger partial charge in [-0.2, -0.15) is 5.10 Å². The highest BCUT2D eigenvalue weighted by molar-refractivity contribution is 6.04. The normalized spacial score (nSPS) is 10.5. The van der Waals surface area contributed by atoms with Gasteiger partial charge in [-0.15, -0.1) is 0 Å². The van der Waals surface area contributed by atoms with Gasteiger partial charge in [-0.25, -0.2) is 14.5 Å². The average Bonchev–Trinajstić information content (AvgIpc) is 2.75. The number of H-pyrrole nitrogens is 2. The molecular weight excluding hydrogens is 386 g/mol. The van der Waals surface area contributed by atoms with Crippen LogP contribution in [-0.4, -0.2) is 25.7 Å². The van der Waals surface area contributed by atoms with Gasteiger partial charge in [0.05, 0.1) is 17.1 Å². The standard InChI is InChI=1S/C21H15N5O4/c27-18-11-10-16(24-25-18)14-8-4-5-9-15(14)22-20(29)17-12-19(28)26(21(30)23-17)13-6-2-1-3-7-13/h1-12H,(H,22,29)(H,23,30)(H,25,27). The monoisotopic (exact) mass is 401 g/mol. The van der Waals surface area contributed by atoms with Gasteiger partial charge in [0.1, 0.15) is 5.69 Å². The van der Waals surface area contributed by atoms with Gasteiger partial charge in [-0.05, 0) is 24.3 Å². The lowest BCUT2D eigenvalue weighted by atomic mass is 10.1. The number of aromatic nitrogens is 4. The number of anilines is 1. The lowest BCUT2D eigenvalue weighted by Gasteiger charge is -2.11. The number of hydrogen-bond donors (Lipinski definition) is 3. The summed E-state index contributed by atoms with van der Waals surface area (Å²) in [5.41, 5.74) is -0.0979.